The van der Waals surface area contributed by atoms with Gasteiger partial charge in [-0.2, -0.15) is 5.01 Å². The van der Waals surface area contributed by atoms with Gasteiger partial charge < -0.3 is 14.5 Å². The Labute approximate surface area is 249 Å². The summed E-state index contributed by atoms with van der Waals surface area (Å²) in [6, 6.07) is 11.9. The lowest BCUT2D eigenvalue weighted by molar-refractivity contribution is -0.132. The maximum atomic E-state index is 12.7. The van der Waals surface area contributed by atoms with Gasteiger partial charge in [-0.05, 0) is 88.8 Å². The fraction of sp³-hybridized carbons (Fsp3) is 0.333. The number of hydrogen-bond donors (Lipinski definition) is 1. The Morgan fingerprint density at radius 2 is 1.80 bits per heavy atom. The van der Waals surface area contributed by atoms with Crippen LogP contribution in [0.2, 0.25) is 0 Å². The largest absolute Gasteiger partial charge is 0.492 e. The molecule has 1 N–H and O–H groups in total. The summed E-state index contributed by atoms with van der Waals surface area (Å²) < 4.78 is 5.99. The lowest BCUT2D eigenvalue weighted by Gasteiger charge is -2.19. The number of hydrazine groups is 1. The summed E-state index contributed by atoms with van der Waals surface area (Å²) in [6.45, 7) is 9.06. The number of nitrogens with zero attached hydrogens (tertiary/aromatic N) is 5. The minimum absolute atomic E-state index is 0.402. The molecule has 0 atom stereocenters. The van der Waals surface area contributed by atoms with Crippen molar-refractivity contribution in [2.45, 2.75) is 20.8 Å². The summed E-state index contributed by atoms with van der Waals surface area (Å²) in [4.78, 5) is 41.2. The van der Waals surface area contributed by atoms with Gasteiger partial charge in [0.25, 0.3) is 5.91 Å². The molecule has 9 nitrogen and oxygen atoms in total. The van der Waals surface area contributed by atoms with Crippen LogP contribution in [-0.4, -0.2) is 84.5 Å². The molecule has 0 saturated heterocycles. The van der Waals surface area contributed by atoms with Crippen LogP contribution in [0.3, 0.4) is 0 Å². The first-order valence-electron chi connectivity index (χ1n) is 13.3. The molecule has 11 heteroatoms. The van der Waals surface area contributed by atoms with E-state index in [0.717, 1.165) is 67.1 Å². The number of anilines is 1. The van der Waals surface area contributed by atoms with Crippen molar-refractivity contribution in [1.82, 2.24) is 24.8 Å². The molecule has 0 radical (unpaired) electrons. The number of aryl methyl sites for hydroxylation is 1. The maximum Gasteiger partial charge on any atom is 0.271 e. The van der Waals surface area contributed by atoms with E-state index in [1.807, 2.05) is 48.7 Å². The van der Waals surface area contributed by atoms with Crippen LogP contribution in [0, 0.1) is 6.92 Å². The zero-order valence-corrected chi connectivity index (χ0v) is 25.9. The van der Waals surface area contributed by atoms with Gasteiger partial charge in [-0.15, -0.1) is 22.7 Å². The lowest BCUT2D eigenvalue weighted by Crippen LogP contribution is -2.34. The fourth-order valence-corrected chi connectivity index (χ4v) is 5.92. The van der Waals surface area contributed by atoms with E-state index in [2.05, 4.69) is 36.4 Å². The third-order valence-corrected chi connectivity index (χ3v) is 8.40. The number of hydrogen-bond acceptors (Lipinski definition) is 10. The summed E-state index contributed by atoms with van der Waals surface area (Å²) in [6.07, 6.45) is 1.86. The number of fused-ring (bicyclic) bond motifs is 1. The second-order valence-corrected chi connectivity index (χ2v) is 12.2. The highest BCUT2D eigenvalue weighted by atomic mass is 32.1. The average Bonchev–Trinajstić information content (AvgIpc) is 3.59. The van der Waals surface area contributed by atoms with Crippen molar-refractivity contribution in [2.24, 2.45) is 0 Å². The van der Waals surface area contributed by atoms with Crippen molar-refractivity contribution in [3.05, 3.63) is 59.0 Å². The van der Waals surface area contributed by atoms with Crippen LogP contribution in [-0.2, 0) is 9.59 Å². The van der Waals surface area contributed by atoms with Crippen LogP contribution >= 0.6 is 22.7 Å². The molecule has 0 saturated carbocycles. The highest BCUT2D eigenvalue weighted by molar-refractivity contribution is 7.22. The van der Waals surface area contributed by atoms with E-state index in [1.54, 1.807) is 25.2 Å². The average molecular weight is 593 g/mol. The van der Waals surface area contributed by atoms with E-state index >= 15 is 0 Å². The fourth-order valence-electron chi connectivity index (χ4n) is 4.08. The first kappa shape index (κ1) is 30.3. The minimum Gasteiger partial charge on any atom is -0.492 e. The zero-order valence-electron chi connectivity index (χ0n) is 24.3. The normalized spacial score (nSPS) is 11.2. The molecular formula is C30H36N6O3S2. The summed E-state index contributed by atoms with van der Waals surface area (Å²) >= 11 is 3.08. The lowest BCUT2D eigenvalue weighted by atomic mass is 10.1. The monoisotopic (exact) mass is 592 g/mol. The molecule has 0 aliphatic rings. The predicted octanol–water partition coefficient (Wildman–Crippen LogP) is 5.55. The van der Waals surface area contributed by atoms with Crippen molar-refractivity contribution in [1.29, 1.82) is 0 Å². The predicted molar refractivity (Wildman–Crippen MR) is 168 cm³/mol. The minimum atomic E-state index is -0.475. The molecule has 4 rings (SSSR count). The number of aromatic nitrogens is 2. The first-order chi connectivity index (χ1) is 19.7. The number of benzene rings is 1. The topological polar surface area (TPSA) is 90.9 Å². The van der Waals surface area contributed by atoms with Gasteiger partial charge in [0.15, 0.2) is 11.6 Å². The van der Waals surface area contributed by atoms with Crippen LogP contribution in [0.4, 0.5) is 5.82 Å². The quantitative estimate of drug-likeness (QED) is 0.123. The van der Waals surface area contributed by atoms with Crippen LogP contribution < -0.4 is 10.2 Å². The van der Waals surface area contributed by atoms with Gasteiger partial charge in [0, 0.05) is 30.6 Å². The maximum absolute atomic E-state index is 12.7. The van der Waals surface area contributed by atoms with Crippen molar-refractivity contribution < 1.29 is 14.3 Å². The molecular weight excluding hydrogens is 557 g/mol. The number of ether oxygens (including phenoxy) is 1. The zero-order chi connectivity index (χ0) is 29.5. The van der Waals surface area contributed by atoms with Crippen molar-refractivity contribution in [3.8, 4) is 26.9 Å². The highest BCUT2D eigenvalue weighted by Gasteiger charge is 2.21. The van der Waals surface area contributed by atoms with E-state index in [-0.39, 0.29) is 0 Å². The molecule has 0 spiro atoms. The summed E-state index contributed by atoms with van der Waals surface area (Å²) in [5.41, 5.74) is 5.72. The number of rotatable bonds is 13. The Morgan fingerprint density at radius 1 is 1.05 bits per heavy atom. The van der Waals surface area contributed by atoms with E-state index in [1.165, 1.54) is 17.4 Å². The number of thiophene rings is 2. The summed E-state index contributed by atoms with van der Waals surface area (Å²) in [7, 11) is 6.24. The SMILES string of the molecule is CC(C)=CC(=O)N(C=O)Nc1nc(-c2cccs2)nc2sc(-c3ccc(OCCN(C)CCN(C)C)cc3)c(C)c12. The van der Waals surface area contributed by atoms with Gasteiger partial charge >= 0.3 is 0 Å². The van der Waals surface area contributed by atoms with Gasteiger partial charge in [-0.3, -0.25) is 15.0 Å². The van der Waals surface area contributed by atoms with Gasteiger partial charge in [0.1, 0.15) is 17.2 Å². The van der Waals surface area contributed by atoms with Crippen LogP contribution in [0.15, 0.2) is 53.4 Å². The Morgan fingerprint density at radius 3 is 2.44 bits per heavy atom. The molecule has 0 aliphatic heterocycles. The van der Waals surface area contributed by atoms with Crippen LogP contribution in [0.25, 0.3) is 31.4 Å². The molecule has 4 aromatic rings. The van der Waals surface area contributed by atoms with E-state index in [4.69, 9.17) is 14.7 Å². The van der Waals surface area contributed by atoms with Crippen molar-refractivity contribution >= 4 is 51.0 Å². The molecule has 1 aromatic carbocycles. The number of carbonyl (C=O) groups excluding carboxylic acids is 2. The van der Waals surface area contributed by atoms with Crippen LogP contribution in [0.1, 0.15) is 19.4 Å². The van der Waals surface area contributed by atoms with Crippen LogP contribution in [0.5, 0.6) is 5.75 Å². The second-order valence-electron chi connectivity index (χ2n) is 10.2. The Hall–Kier alpha value is -3.64. The summed E-state index contributed by atoms with van der Waals surface area (Å²) in [5, 5.41) is 3.64. The highest BCUT2D eigenvalue weighted by Crippen LogP contribution is 2.41. The standard InChI is InChI=1S/C30H36N6O3S2/c1-20(2)18-25(38)36(19-37)33-29-26-21(3)27(41-30(26)32-28(31-29)24-8-7-17-40-24)22-9-11-23(12-10-22)39-16-15-35(6)14-13-34(4)5/h7-12,17-19H,13-16H2,1-6H3,(H,31,32,33). The molecule has 216 valence electrons. The third-order valence-electron chi connectivity index (χ3n) is 6.30. The Bertz CT molecular complexity index is 1510. The van der Waals surface area contributed by atoms with Gasteiger partial charge in [0.05, 0.1) is 10.3 Å². The molecule has 3 heterocycles. The Kier molecular flexibility index (Phi) is 10.2. The van der Waals surface area contributed by atoms with Crippen molar-refractivity contribution in [3.63, 3.8) is 0 Å². The molecule has 0 bridgehead atoms. The molecule has 2 amide bonds. The number of likely N-dealkylation sites (N-methyl/N-ethyl adjacent to an activating group) is 2. The molecule has 0 unspecified atom stereocenters. The number of nitrogens with one attached hydrogen (secondary N) is 1. The Balaban J connectivity index is 1.61. The van der Waals surface area contributed by atoms with Gasteiger partial charge in [-0.25, -0.2) is 9.97 Å². The molecule has 3 aromatic heterocycles. The number of carbonyl (C=O) groups is 2. The number of allylic oxidation sites excluding steroid dienone is 1. The molecule has 0 aliphatic carbocycles. The second kappa shape index (κ2) is 13.8. The van der Waals surface area contributed by atoms with E-state index in [0.29, 0.717) is 24.7 Å². The first-order valence-corrected chi connectivity index (χ1v) is 15.0. The van der Waals surface area contributed by atoms with E-state index < -0.39 is 5.91 Å². The van der Waals surface area contributed by atoms with Gasteiger partial charge in [-0.1, -0.05) is 11.6 Å². The smallest absolute Gasteiger partial charge is 0.271 e. The van der Waals surface area contributed by atoms with E-state index in [9.17, 15) is 9.59 Å². The molecule has 41 heavy (non-hydrogen) atoms. The number of amides is 2. The third kappa shape index (κ3) is 7.76. The number of imide groups is 1. The summed E-state index contributed by atoms with van der Waals surface area (Å²) in [5.74, 6) is 1.27. The van der Waals surface area contributed by atoms with Crippen molar-refractivity contribution in [2.75, 3.05) is 52.8 Å². The van der Waals surface area contributed by atoms with Gasteiger partial charge in [0.2, 0.25) is 6.41 Å². The molecule has 0 fully saturated rings.